The lowest BCUT2D eigenvalue weighted by Gasteiger charge is -2.12. The van der Waals surface area contributed by atoms with Gasteiger partial charge in [-0.15, -0.1) is 0 Å². The molecule has 4 nitrogen and oxygen atoms in total. The van der Waals surface area contributed by atoms with E-state index in [1.807, 2.05) is 49.3 Å². The van der Waals surface area contributed by atoms with E-state index in [9.17, 15) is 0 Å². The Morgan fingerprint density at radius 1 is 1.18 bits per heavy atom. The summed E-state index contributed by atoms with van der Waals surface area (Å²) >= 11 is 3.48. The standard InChI is InChI=1S/C12H13BrN4/c1-17(2)12-7-11(14-8-15-12)16-10-6-4-3-5-9(10)13/h3-8H,1-2H3,(H,14,15,16). The molecule has 1 aromatic carbocycles. The second-order valence-electron chi connectivity index (χ2n) is 3.76. The second kappa shape index (κ2) is 5.14. The first-order chi connectivity index (χ1) is 8.16. The average molecular weight is 293 g/mol. The van der Waals surface area contributed by atoms with Crippen molar-refractivity contribution in [2.45, 2.75) is 0 Å². The van der Waals surface area contributed by atoms with E-state index in [1.54, 1.807) is 6.33 Å². The minimum atomic E-state index is 0.774. The second-order valence-corrected chi connectivity index (χ2v) is 4.62. The van der Waals surface area contributed by atoms with E-state index in [2.05, 4.69) is 31.2 Å². The zero-order valence-electron chi connectivity index (χ0n) is 9.68. The highest BCUT2D eigenvalue weighted by Gasteiger charge is 2.02. The summed E-state index contributed by atoms with van der Waals surface area (Å²) < 4.78 is 1.00. The van der Waals surface area contributed by atoms with Crippen LogP contribution in [0.25, 0.3) is 0 Å². The molecule has 1 aromatic heterocycles. The van der Waals surface area contributed by atoms with E-state index < -0.39 is 0 Å². The highest BCUT2D eigenvalue weighted by molar-refractivity contribution is 9.10. The molecule has 88 valence electrons. The molecule has 5 heteroatoms. The van der Waals surface area contributed by atoms with Crippen LogP contribution in [0, 0.1) is 0 Å². The third-order valence-corrected chi connectivity index (χ3v) is 2.94. The van der Waals surface area contributed by atoms with Gasteiger partial charge in [-0.25, -0.2) is 9.97 Å². The smallest absolute Gasteiger partial charge is 0.135 e. The van der Waals surface area contributed by atoms with Crippen LogP contribution < -0.4 is 10.2 Å². The quantitative estimate of drug-likeness (QED) is 0.944. The molecule has 1 heterocycles. The summed E-state index contributed by atoms with van der Waals surface area (Å²) in [4.78, 5) is 10.3. The number of nitrogens with one attached hydrogen (secondary N) is 1. The number of hydrogen-bond donors (Lipinski definition) is 1. The molecule has 0 saturated heterocycles. The number of halogens is 1. The Morgan fingerprint density at radius 2 is 1.94 bits per heavy atom. The Labute approximate surface area is 109 Å². The zero-order chi connectivity index (χ0) is 12.3. The van der Waals surface area contributed by atoms with E-state index in [1.165, 1.54) is 0 Å². The third-order valence-electron chi connectivity index (χ3n) is 2.25. The molecule has 2 rings (SSSR count). The lowest BCUT2D eigenvalue weighted by molar-refractivity contribution is 1.04. The molecule has 0 fully saturated rings. The summed E-state index contributed by atoms with van der Waals surface area (Å²) in [5.41, 5.74) is 0.982. The van der Waals surface area contributed by atoms with Gasteiger partial charge in [0.25, 0.3) is 0 Å². The van der Waals surface area contributed by atoms with Crippen molar-refractivity contribution in [2.24, 2.45) is 0 Å². The molecule has 0 aliphatic rings. The van der Waals surface area contributed by atoms with Gasteiger partial charge in [-0.05, 0) is 28.1 Å². The van der Waals surface area contributed by atoms with E-state index in [4.69, 9.17) is 0 Å². The van der Waals surface area contributed by atoms with Gasteiger partial charge in [0.1, 0.15) is 18.0 Å². The van der Waals surface area contributed by atoms with E-state index in [0.29, 0.717) is 0 Å². The molecular weight excluding hydrogens is 280 g/mol. The fourth-order valence-electron chi connectivity index (χ4n) is 1.36. The topological polar surface area (TPSA) is 41.0 Å². The Bertz CT molecular complexity index is 513. The third kappa shape index (κ3) is 2.94. The lowest BCUT2D eigenvalue weighted by atomic mass is 10.3. The van der Waals surface area contributed by atoms with Crippen LogP contribution in [0.3, 0.4) is 0 Å². The van der Waals surface area contributed by atoms with Crippen LogP contribution in [0.4, 0.5) is 17.3 Å². The van der Waals surface area contributed by atoms with Crippen molar-refractivity contribution < 1.29 is 0 Å². The van der Waals surface area contributed by atoms with Gasteiger partial charge in [-0.2, -0.15) is 0 Å². The first-order valence-corrected chi connectivity index (χ1v) is 5.97. The fourth-order valence-corrected chi connectivity index (χ4v) is 1.74. The van der Waals surface area contributed by atoms with Crippen LogP contribution in [0.1, 0.15) is 0 Å². The van der Waals surface area contributed by atoms with E-state index in [0.717, 1.165) is 21.8 Å². The maximum absolute atomic E-state index is 4.19. The van der Waals surface area contributed by atoms with Gasteiger partial charge >= 0.3 is 0 Å². The molecule has 2 aromatic rings. The van der Waals surface area contributed by atoms with Crippen molar-refractivity contribution in [1.29, 1.82) is 0 Å². The maximum atomic E-state index is 4.19. The Balaban J connectivity index is 2.25. The molecule has 0 aliphatic carbocycles. The van der Waals surface area contributed by atoms with Gasteiger partial charge in [0.05, 0.1) is 5.69 Å². The van der Waals surface area contributed by atoms with Crippen molar-refractivity contribution in [3.8, 4) is 0 Å². The summed E-state index contributed by atoms with van der Waals surface area (Å²) in [7, 11) is 3.90. The van der Waals surface area contributed by atoms with Gasteiger partial charge < -0.3 is 10.2 Å². The monoisotopic (exact) mass is 292 g/mol. The molecule has 17 heavy (non-hydrogen) atoms. The molecule has 0 bridgehead atoms. The molecule has 0 aliphatic heterocycles. The van der Waals surface area contributed by atoms with Gasteiger partial charge in [0.15, 0.2) is 0 Å². The summed E-state index contributed by atoms with van der Waals surface area (Å²) in [5.74, 6) is 1.64. The van der Waals surface area contributed by atoms with Gasteiger partial charge in [-0.3, -0.25) is 0 Å². The Hall–Kier alpha value is -1.62. The predicted molar refractivity (Wildman–Crippen MR) is 73.8 cm³/mol. The fraction of sp³-hybridized carbons (Fsp3) is 0.167. The summed E-state index contributed by atoms with van der Waals surface area (Å²) in [6.45, 7) is 0. The Kier molecular flexibility index (Phi) is 3.58. The SMILES string of the molecule is CN(C)c1cc(Nc2ccccc2Br)ncn1. The molecule has 0 saturated carbocycles. The van der Waals surface area contributed by atoms with Gasteiger partial charge in [0.2, 0.25) is 0 Å². The number of rotatable bonds is 3. The predicted octanol–water partition coefficient (Wildman–Crippen LogP) is 3.05. The Morgan fingerprint density at radius 3 is 2.65 bits per heavy atom. The highest BCUT2D eigenvalue weighted by Crippen LogP contribution is 2.25. The molecule has 1 N–H and O–H groups in total. The van der Waals surface area contributed by atoms with Gasteiger partial charge in [-0.1, -0.05) is 12.1 Å². The first-order valence-electron chi connectivity index (χ1n) is 5.18. The number of hydrogen-bond acceptors (Lipinski definition) is 4. The number of para-hydroxylation sites is 1. The number of benzene rings is 1. The van der Waals surface area contributed by atoms with Crippen molar-refractivity contribution >= 4 is 33.3 Å². The van der Waals surface area contributed by atoms with Crippen LogP contribution in [-0.4, -0.2) is 24.1 Å². The highest BCUT2D eigenvalue weighted by atomic mass is 79.9. The zero-order valence-corrected chi connectivity index (χ0v) is 11.3. The molecule has 0 amide bonds. The van der Waals surface area contributed by atoms with Crippen LogP contribution in [-0.2, 0) is 0 Å². The van der Waals surface area contributed by atoms with Gasteiger partial charge in [0, 0.05) is 24.6 Å². The van der Waals surface area contributed by atoms with Crippen molar-refractivity contribution in [1.82, 2.24) is 9.97 Å². The van der Waals surface area contributed by atoms with Crippen molar-refractivity contribution in [3.63, 3.8) is 0 Å². The molecule has 0 atom stereocenters. The molecular formula is C12H13BrN4. The lowest BCUT2D eigenvalue weighted by Crippen LogP contribution is -2.11. The normalized spacial score (nSPS) is 10.1. The summed E-state index contributed by atoms with van der Waals surface area (Å²) in [6, 6.07) is 9.82. The van der Waals surface area contributed by atoms with Crippen LogP contribution in [0.2, 0.25) is 0 Å². The first kappa shape index (κ1) is 11.9. The number of aromatic nitrogens is 2. The van der Waals surface area contributed by atoms with E-state index >= 15 is 0 Å². The van der Waals surface area contributed by atoms with Crippen LogP contribution >= 0.6 is 15.9 Å². The minimum absolute atomic E-state index is 0.774. The van der Waals surface area contributed by atoms with E-state index in [-0.39, 0.29) is 0 Å². The van der Waals surface area contributed by atoms with Crippen LogP contribution in [0.15, 0.2) is 41.1 Å². The largest absolute Gasteiger partial charge is 0.363 e. The minimum Gasteiger partial charge on any atom is -0.363 e. The maximum Gasteiger partial charge on any atom is 0.135 e. The number of nitrogens with zero attached hydrogens (tertiary/aromatic N) is 3. The summed E-state index contributed by atoms with van der Waals surface area (Å²) in [6.07, 6.45) is 1.55. The molecule has 0 spiro atoms. The number of anilines is 3. The molecule has 0 unspecified atom stereocenters. The summed E-state index contributed by atoms with van der Waals surface area (Å²) in [5, 5.41) is 3.24. The average Bonchev–Trinajstić information content (AvgIpc) is 2.32. The van der Waals surface area contributed by atoms with Crippen LogP contribution in [0.5, 0.6) is 0 Å². The molecule has 0 radical (unpaired) electrons. The van der Waals surface area contributed by atoms with Crippen molar-refractivity contribution in [3.05, 3.63) is 41.1 Å². The van der Waals surface area contributed by atoms with Crippen molar-refractivity contribution in [2.75, 3.05) is 24.3 Å².